The molecule has 1 aliphatic heterocycles. The number of carbonyl (C=O) groups excluding carboxylic acids is 1. The molecule has 2 heterocycles. The lowest BCUT2D eigenvalue weighted by molar-refractivity contribution is -0.131. The number of aromatic nitrogens is 2. The molecule has 4 rings (SSSR count). The van der Waals surface area contributed by atoms with E-state index in [-0.39, 0.29) is 11.5 Å². The van der Waals surface area contributed by atoms with Gasteiger partial charge in [0.05, 0.1) is 16.6 Å². The first-order chi connectivity index (χ1) is 12.1. The molecular formula is C20H17N3O2. The smallest absolute Gasteiger partial charge is 0.262 e. The maximum absolute atomic E-state index is 13.1. The van der Waals surface area contributed by atoms with Crippen LogP contribution in [0.25, 0.3) is 16.6 Å². The number of para-hydroxylation sites is 1. The topological polar surface area (TPSA) is 55.2 Å². The number of likely N-dealkylation sites (N-methyl/N-ethyl adjacent to an activating group) is 1. The van der Waals surface area contributed by atoms with Crippen LogP contribution < -0.4 is 5.56 Å². The molecule has 1 amide bonds. The highest BCUT2D eigenvalue weighted by Gasteiger charge is 2.35. The summed E-state index contributed by atoms with van der Waals surface area (Å²) in [4.78, 5) is 32.0. The van der Waals surface area contributed by atoms with Gasteiger partial charge in [0.25, 0.3) is 5.56 Å². The molecule has 5 heteroatoms. The van der Waals surface area contributed by atoms with Crippen molar-refractivity contribution >= 4 is 22.5 Å². The van der Waals surface area contributed by atoms with Crippen LogP contribution in [0.2, 0.25) is 0 Å². The molecule has 0 saturated carbocycles. The maximum Gasteiger partial charge on any atom is 0.262 e. The summed E-state index contributed by atoms with van der Waals surface area (Å²) in [6.45, 7) is 3.96. The third-order valence-electron chi connectivity index (χ3n) is 4.67. The Kier molecular flexibility index (Phi) is 3.50. The van der Waals surface area contributed by atoms with E-state index < -0.39 is 6.04 Å². The Morgan fingerprint density at radius 1 is 1.04 bits per heavy atom. The summed E-state index contributed by atoms with van der Waals surface area (Å²) < 4.78 is 1.50. The first-order valence-corrected chi connectivity index (χ1v) is 8.10. The summed E-state index contributed by atoms with van der Waals surface area (Å²) in [6.07, 6.45) is 0.435. The Bertz CT molecular complexity index is 1050. The Morgan fingerprint density at radius 3 is 2.48 bits per heavy atom. The number of fused-ring (bicyclic) bond motifs is 2. The highest BCUT2D eigenvalue weighted by Crippen LogP contribution is 2.29. The summed E-state index contributed by atoms with van der Waals surface area (Å²) >= 11 is 0. The van der Waals surface area contributed by atoms with Crippen LogP contribution in [-0.2, 0) is 11.2 Å². The summed E-state index contributed by atoms with van der Waals surface area (Å²) in [5.41, 5.74) is 1.84. The average molecular weight is 331 g/mol. The number of amides is 1. The molecule has 0 saturated heterocycles. The number of benzene rings is 2. The molecule has 25 heavy (non-hydrogen) atoms. The lowest BCUT2D eigenvalue weighted by Gasteiger charge is -2.34. The van der Waals surface area contributed by atoms with Crippen LogP contribution in [0.4, 0.5) is 0 Å². The molecule has 0 bridgehead atoms. The zero-order valence-electron chi connectivity index (χ0n) is 13.8. The zero-order chi connectivity index (χ0) is 17.6. The van der Waals surface area contributed by atoms with Gasteiger partial charge in [-0.25, -0.2) is 4.98 Å². The number of hydrogen-bond acceptors (Lipinski definition) is 3. The molecule has 0 N–H and O–H groups in total. The van der Waals surface area contributed by atoms with E-state index >= 15 is 0 Å². The van der Waals surface area contributed by atoms with Crippen molar-refractivity contribution in [3.05, 3.63) is 82.9 Å². The molecule has 0 unspecified atom stereocenters. The van der Waals surface area contributed by atoms with Crippen molar-refractivity contribution in [2.45, 2.75) is 12.5 Å². The van der Waals surface area contributed by atoms with E-state index in [2.05, 4.69) is 11.6 Å². The molecule has 5 nitrogen and oxygen atoms in total. The van der Waals surface area contributed by atoms with E-state index in [0.717, 1.165) is 5.56 Å². The molecule has 1 atom stereocenters. The molecule has 2 aromatic carbocycles. The van der Waals surface area contributed by atoms with E-state index in [4.69, 9.17) is 0 Å². The average Bonchev–Trinajstić information content (AvgIpc) is 2.64. The van der Waals surface area contributed by atoms with Gasteiger partial charge >= 0.3 is 0 Å². The van der Waals surface area contributed by atoms with Gasteiger partial charge in [0.2, 0.25) is 5.91 Å². The molecule has 124 valence electrons. The second kappa shape index (κ2) is 5.70. The highest BCUT2D eigenvalue weighted by molar-refractivity contribution is 5.92. The number of nitrogens with zero attached hydrogens (tertiary/aromatic N) is 3. The van der Waals surface area contributed by atoms with Crippen molar-refractivity contribution in [1.29, 1.82) is 0 Å². The van der Waals surface area contributed by atoms with Gasteiger partial charge in [0, 0.05) is 13.5 Å². The number of rotatable bonds is 2. The van der Waals surface area contributed by atoms with Gasteiger partial charge in [0.15, 0.2) is 5.82 Å². The second-order valence-corrected chi connectivity index (χ2v) is 6.18. The quantitative estimate of drug-likeness (QED) is 0.725. The summed E-state index contributed by atoms with van der Waals surface area (Å²) in [7, 11) is 1.67. The standard InChI is InChI=1S/C20H17N3O2/c1-13-18-21-16-11-7-6-10-15(16)19(24)23(18)17(20(25)22(13)2)12-14-8-4-3-5-9-14/h3-11,17H,1,12H2,2H3/t17-/m0/s1. The minimum Gasteiger partial charge on any atom is -0.311 e. The van der Waals surface area contributed by atoms with Crippen molar-refractivity contribution in [1.82, 2.24) is 14.5 Å². The van der Waals surface area contributed by atoms with Crippen molar-refractivity contribution < 1.29 is 4.79 Å². The third kappa shape index (κ3) is 2.36. The van der Waals surface area contributed by atoms with Crippen LogP contribution in [0.15, 0.2) is 66.0 Å². The number of carbonyl (C=O) groups is 1. The van der Waals surface area contributed by atoms with Gasteiger partial charge in [-0.3, -0.25) is 14.2 Å². The van der Waals surface area contributed by atoms with Crippen molar-refractivity contribution in [3.8, 4) is 0 Å². The predicted octanol–water partition coefficient (Wildman–Crippen LogP) is 2.62. The predicted molar refractivity (Wildman–Crippen MR) is 97.0 cm³/mol. The Hall–Kier alpha value is -3.21. The molecule has 3 aromatic rings. The Morgan fingerprint density at radius 2 is 1.72 bits per heavy atom. The van der Waals surface area contributed by atoms with Gasteiger partial charge < -0.3 is 4.90 Å². The van der Waals surface area contributed by atoms with E-state index in [1.54, 1.807) is 25.2 Å². The van der Waals surface area contributed by atoms with Crippen LogP contribution in [0, 0.1) is 0 Å². The number of hydrogen-bond donors (Lipinski definition) is 0. The maximum atomic E-state index is 13.1. The fraction of sp³-hybridized carbons (Fsp3) is 0.150. The molecule has 0 fully saturated rings. The van der Waals surface area contributed by atoms with E-state index in [1.165, 1.54) is 9.47 Å². The van der Waals surface area contributed by atoms with Crippen LogP contribution >= 0.6 is 0 Å². The second-order valence-electron chi connectivity index (χ2n) is 6.18. The molecular weight excluding hydrogens is 314 g/mol. The minimum absolute atomic E-state index is 0.152. The van der Waals surface area contributed by atoms with Gasteiger partial charge in [-0.15, -0.1) is 0 Å². The van der Waals surface area contributed by atoms with Crippen molar-refractivity contribution in [2.75, 3.05) is 7.05 Å². The fourth-order valence-corrected chi connectivity index (χ4v) is 3.27. The largest absolute Gasteiger partial charge is 0.311 e. The highest BCUT2D eigenvalue weighted by atomic mass is 16.2. The molecule has 1 aromatic heterocycles. The molecule has 1 aliphatic rings. The first kappa shape index (κ1) is 15.3. The van der Waals surface area contributed by atoms with Crippen LogP contribution in [0.1, 0.15) is 17.4 Å². The Labute approximate surface area is 144 Å². The van der Waals surface area contributed by atoms with Gasteiger partial charge in [0.1, 0.15) is 6.04 Å². The Balaban J connectivity index is 1.96. The van der Waals surface area contributed by atoms with E-state index in [0.29, 0.717) is 28.8 Å². The molecule has 0 aliphatic carbocycles. The SMILES string of the molecule is C=C1c2nc3ccccc3c(=O)n2[C@@H](Cc2ccccc2)C(=O)N1C. The normalized spacial score (nSPS) is 17.0. The summed E-state index contributed by atoms with van der Waals surface area (Å²) in [5, 5.41) is 0.509. The third-order valence-corrected chi connectivity index (χ3v) is 4.67. The van der Waals surface area contributed by atoms with Gasteiger partial charge in [-0.2, -0.15) is 0 Å². The lowest BCUT2D eigenvalue weighted by atomic mass is 10.0. The van der Waals surface area contributed by atoms with Crippen LogP contribution in [-0.4, -0.2) is 27.4 Å². The minimum atomic E-state index is -0.627. The first-order valence-electron chi connectivity index (χ1n) is 8.10. The molecule has 0 spiro atoms. The molecule has 0 radical (unpaired) electrons. The zero-order valence-corrected chi connectivity index (χ0v) is 13.8. The lowest BCUT2D eigenvalue weighted by Crippen LogP contribution is -2.45. The van der Waals surface area contributed by atoms with Gasteiger partial charge in [-0.1, -0.05) is 49.0 Å². The van der Waals surface area contributed by atoms with Gasteiger partial charge in [-0.05, 0) is 17.7 Å². The van der Waals surface area contributed by atoms with E-state index in [1.807, 2.05) is 36.4 Å². The summed E-state index contributed by atoms with van der Waals surface area (Å²) in [6, 6.07) is 16.2. The van der Waals surface area contributed by atoms with E-state index in [9.17, 15) is 9.59 Å². The van der Waals surface area contributed by atoms with Crippen molar-refractivity contribution in [2.24, 2.45) is 0 Å². The monoisotopic (exact) mass is 331 g/mol. The van der Waals surface area contributed by atoms with Crippen LogP contribution in [0.3, 0.4) is 0 Å². The fourth-order valence-electron chi connectivity index (χ4n) is 3.27. The summed E-state index contributed by atoms with van der Waals surface area (Å²) in [5.74, 6) is 0.298. The van der Waals surface area contributed by atoms with Crippen LogP contribution in [0.5, 0.6) is 0 Å². The van der Waals surface area contributed by atoms with Crippen molar-refractivity contribution in [3.63, 3.8) is 0 Å².